The van der Waals surface area contributed by atoms with Crippen LogP contribution in [-0.4, -0.2) is 58.7 Å². The predicted octanol–water partition coefficient (Wildman–Crippen LogP) is 1.65. The summed E-state index contributed by atoms with van der Waals surface area (Å²) in [6, 6.07) is 5.41. The van der Waals surface area contributed by atoms with Crippen molar-refractivity contribution < 1.29 is 23.9 Å². The lowest BCUT2D eigenvalue weighted by atomic mass is 9.96. The number of amides is 3. The maximum absolute atomic E-state index is 12.8. The van der Waals surface area contributed by atoms with Crippen LogP contribution in [-0.2, 0) is 4.79 Å². The molecule has 3 amide bonds. The van der Waals surface area contributed by atoms with Crippen molar-refractivity contribution in [2.75, 3.05) is 25.2 Å². The Labute approximate surface area is 181 Å². The molecule has 0 radical (unpaired) electrons. The summed E-state index contributed by atoms with van der Waals surface area (Å²) < 4.78 is 10.5. The first-order valence-electron chi connectivity index (χ1n) is 10.2. The summed E-state index contributed by atoms with van der Waals surface area (Å²) in [5, 5.41) is 13.8. The van der Waals surface area contributed by atoms with Gasteiger partial charge in [-0.15, -0.1) is 10.2 Å². The lowest BCUT2D eigenvalue weighted by Gasteiger charge is -2.30. The first kappa shape index (κ1) is 19.7. The second-order valence-corrected chi connectivity index (χ2v) is 8.76. The van der Waals surface area contributed by atoms with Crippen LogP contribution < -0.4 is 20.1 Å². The normalized spacial score (nSPS) is 18.0. The van der Waals surface area contributed by atoms with Crippen molar-refractivity contribution in [3.63, 3.8) is 0 Å². The number of anilines is 1. The average molecular weight is 443 g/mol. The van der Waals surface area contributed by atoms with E-state index in [4.69, 9.17) is 9.47 Å². The van der Waals surface area contributed by atoms with Gasteiger partial charge in [0.25, 0.3) is 11.8 Å². The predicted molar refractivity (Wildman–Crippen MR) is 110 cm³/mol. The van der Waals surface area contributed by atoms with Gasteiger partial charge in [0.15, 0.2) is 11.5 Å². The minimum atomic E-state index is -0.453. The molecule has 1 aromatic carbocycles. The zero-order chi connectivity index (χ0) is 21.4. The summed E-state index contributed by atoms with van der Waals surface area (Å²) in [5.41, 5.74) is 0.531. The molecule has 0 spiro atoms. The molecule has 2 fully saturated rings. The number of rotatable bonds is 5. The molecular weight excluding hydrogens is 422 g/mol. The molecular formula is C20H21N5O5S. The molecule has 31 heavy (non-hydrogen) atoms. The Hall–Kier alpha value is -3.21. The fraction of sp³-hybridized carbons (Fsp3) is 0.450. The third-order valence-corrected chi connectivity index (χ3v) is 6.42. The molecule has 5 rings (SSSR count). The number of fused-ring (bicyclic) bond motifs is 1. The molecule has 3 heterocycles. The molecule has 3 aliphatic rings. The zero-order valence-corrected chi connectivity index (χ0v) is 17.4. The third-order valence-electron chi connectivity index (χ3n) is 5.51. The summed E-state index contributed by atoms with van der Waals surface area (Å²) in [4.78, 5) is 39.1. The zero-order valence-electron chi connectivity index (χ0n) is 16.6. The highest BCUT2D eigenvalue weighted by Gasteiger charge is 2.32. The number of piperidine rings is 1. The summed E-state index contributed by atoms with van der Waals surface area (Å²) in [7, 11) is 0. The Morgan fingerprint density at radius 1 is 1.00 bits per heavy atom. The van der Waals surface area contributed by atoms with E-state index < -0.39 is 5.91 Å². The van der Waals surface area contributed by atoms with E-state index in [9.17, 15) is 14.4 Å². The van der Waals surface area contributed by atoms with Crippen molar-refractivity contribution in [1.29, 1.82) is 0 Å². The standard InChI is InChI=1S/C20H21N5O5S/c26-16(21-12-1-2-12)11-5-7-25(8-6-11)20(28)19-24-23-18(31-19)17(27)22-13-3-4-14-15(9-13)30-10-29-14/h3-4,9,11-12H,1-2,5-8,10H2,(H,21,26)(H,22,27). The van der Waals surface area contributed by atoms with Crippen molar-refractivity contribution >= 4 is 34.7 Å². The molecule has 0 unspecified atom stereocenters. The highest BCUT2D eigenvalue weighted by atomic mass is 32.1. The van der Waals surface area contributed by atoms with Gasteiger partial charge in [-0.25, -0.2) is 0 Å². The summed E-state index contributed by atoms with van der Waals surface area (Å²) >= 11 is 0.951. The quantitative estimate of drug-likeness (QED) is 0.720. The number of carbonyl (C=O) groups excluding carboxylic acids is 3. The Morgan fingerprint density at radius 2 is 1.74 bits per heavy atom. The third kappa shape index (κ3) is 4.31. The van der Waals surface area contributed by atoms with Crippen molar-refractivity contribution in [3.05, 3.63) is 28.2 Å². The van der Waals surface area contributed by atoms with Crippen molar-refractivity contribution in [1.82, 2.24) is 20.4 Å². The van der Waals surface area contributed by atoms with E-state index in [2.05, 4.69) is 20.8 Å². The molecule has 2 N–H and O–H groups in total. The van der Waals surface area contributed by atoms with Crippen LogP contribution in [0.15, 0.2) is 18.2 Å². The number of hydrogen-bond acceptors (Lipinski definition) is 8. The summed E-state index contributed by atoms with van der Waals surface area (Å²) in [6.07, 6.45) is 3.37. The topological polar surface area (TPSA) is 123 Å². The number of benzene rings is 1. The van der Waals surface area contributed by atoms with Gasteiger partial charge in [0.2, 0.25) is 22.7 Å². The SMILES string of the molecule is O=C(Nc1ccc2c(c1)OCO2)c1nnc(C(=O)N2CCC(C(=O)NC3CC3)CC2)s1. The Balaban J connectivity index is 1.17. The van der Waals surface area contributed by atoms with E-state index in [0.29, 0.717) is 49.2 Å². The van der Waals surface area contributed by atoms with Gasteiger partial charge < -0.3 is 25.0 Å². The smallest absolute Gasteiger partial charge is 0.286 e. The maximum atomic E-state index is 12.8. The van der Waals surface area contributed by atoms with Crippen molar-refractivity contribution in [2.45, 2.75) is 31.7 Å². The maximum Gasteiger partial charge on any atom is 0.286 e. The van der Waals surface area contributed by atoms with Gasteiger partial charge in [-0.05, 0) is 37.8 Å². The van der Waals surface area contributed by atoms with Crippen LogP contribution in [0.3, 0.4) is 0 Å². The second kappa shape index (κ2) is 8.14. The van der Waals surface area contributed by atoms with Gasteiger partial charge in [-0.2, -0.15) is 0 Å². The second-order valence-electron chi connectivity index (χ2n) is 7.78. The van der Waals surface area contributed by atoms with E-state index in [1.807, 2.05) is 0 Å². The van der Waals surface area contributed by atoms with E-state index in [1.54, 1.807) is 23.1 Å². The molecule has 2 aliphatic heterocycles. The van der Waals surface area contributed by atoms with Crippen LogP contribution in [0, 0.1) is 5.92 Å². The van der Waals surface area contributed by atoms with E-state index in [-0.39, 0.29) is 34.5 Å². The number of ether oxygens (including phenoxy) is 2. The lowest BCUT2D eigenvalue weighted by Crippen LogP contribution is -2.43. The molecule has 0 bridgehead atoms. The first-order valence-corrected chi connectivity index (χ1v) is 11.0. The minimum absolute atomic E-state index is 0.0536. The molecule has 2 aromatic rings. The van der Waals surface area contributed by atoms with Gasteiger partial charge in [0, 0.05) is 36.8 Å². The number of aromatic nitrogens is 2. The summed E-state index contributed by atoms with van der Waals surface area (Å²) in [6.45, 7) is 1.12. The van der Waals surface area contributed by atoms with Gasteiger partial charge in [0.05, 0.1) is 0 Å². The molecule has 11 heteroatoms. The number of nitrogens with one attached hydrogen (secondary N) is 2. The van der Waals surface area contributed by atoms with Crippen molar-refractivity contribution in [3.8, 4) is 11.5 Å². The fourth-order valence-electron chi connectivity index (χ4n) is 3.59. The Bertz CT molecular complexity index is 1030. The first-order chi connectivity index (χ1) is 15.1. The van der Waals surface area contributed by atoms with Crippen LogP contribution in [0.4, 0.5) is 5.69 Å². The van der Waals surface area contributed by atoms with Crippen molar-refractivity contribution in [2.24, 2.45) is 5.92 Å². The Morgan fingerprint density at radius 3 is 2.52 bits per heavy atom. The van der Waals surface area contributed by atoms with Crippen LogP contribution >= 0.6 is 11.3 Å². The highest BCUT2D eigenvalue weighted by Crippen LogP contribution is 2.34. The van der Waals surface area contributed by atoms with E-state index in [1.165, 1.54) is 0 Å². The minimum Gasteiger partial charge on any atom is -0.454 e. The van der Waals surface area contributed by atoms with E-state index >= 15 is 0 Å². The lowest BCUT2D eigenvalue weighted by molar-refractivity contribution is -0.126. The summed E-state index contributed by atoms with van der Waals surface area (Å²) in [5.74, 6) is 0.498. The molecule has 1 saturated carbocycles. The number of carbonyl (C=O) groups is 3. The monoisotopic (exact) mass is 443 g/mol. The van der Waals surface area contributed by atoms with E-state index in [0.717, 1.165) is 24.2 Å². The number of likely N-dealkylation sites (tertiary alicyclic amines) is 1. The average Bonchev–Trinajstić information content (AvgIpc) is 3.27. The van der Waals surface area contributed by atoms with Crippen LogP contribution in [0.5, 0.6) is 11.5 Å². The number of hydrogen-bond donors (Lipinski definition) is 2. The molecule has 162 valence electrons. The van der Waals surface area contributed by atoms with Gasteiger partial charge in [-0.1, -0.05) is 11.3 Å². The van der Waals surface area contributed by atoms with Gasteiger partial charge >= 0.3 is 0 Å². The van der Waals surface area contributed by atoms with Crippen LogP contribution in [0.25, 0.3) is 0 Å². The number of nitrogens with zero attached hydrogens (tertiary/aromatic N) is 3. The van der Waals surface area contributed by atoms with Crippen LogP contribution in [0.1, 0.15) is 45.3 Å². The largest absolute Gasteiger partial charge is 0.454 e. The molecule has 1 aromatic heterocycles. The van der Waals surface area contributed by atoms with Gasteiger partial charge in [0.1, 0.15) is 0 Å². The Kier molecular flexibility index (Phi) is 5.18. The molecule has 1 aliphatic carbocycles. The van der Waals surface area contributed by atoms with Gasteiger partial charge in [-0.3, -0.25) is 14.4 Å². The highest BCUT2D eigenvalue weighted by molar-refractivity contribution is 7.15. The molecule has 10 nitrogen and oxygen atoms in total. The molecule has 1 saturated heterocycles. The molecule has 0 atom stereocenters. The van der Waals surface area contributed by atoms with Crippen LogP contribution in [0.2, 0.25) is 0 Å². The fourth-order valence-corrected chi connectivity index (χ4v) is 4.29.